The van der Waals surface area contributed by atoms with Gasteiger partial charge in [-0.15, -0.1) is 0 Å². The van der Waals surface area contributed by atoms with E-state index in [0.29, 0.717) is 0 Å². The van der Waals surface area contributed by atoms with E-state index in [1.54, 1.807) is 0 Å². The fourth-order valence-corrected chi connectivity index (χ4v) is 3.53. The quantitative estimate of drug-likeness (QED) is 0.771. The van der Waals surface area contributed by atoms with E-state index in [0.717, 1.165) is 13.0 Å². The Labute approximate surface area is 134 Å². The third-order valence-electron chi connectivity index (χ3n) is 4.71. The molecule has 0 heterocycles. The van der Waals surface area contributed by atoms with E-state index in [9.17, 15) is 0 Å². The average molecular weight is 291 g/mol. The van der Waals surface area contributed by atoms with Crippen LogP contribution in [0.4, 0.5) is 0 Å². The highest BCUT2D eigenvalue weighted by Crippen LogP contribution is 2.49. The van der Waals surface area contributed by atoms with Crippen LogP contribution in [0.15, 0.2) is 54.6 Å². The summed E-state index contributed by atoms with van der Waals surface area (Å²) in [6.07, 6.45) is 3.52. The average Bonchev–Trinajstić information content (AvgIpc) is 2.50. The third-order valence-corrected chi connectivity index (χ3v) is 4.71. The summed E-state index contributed by atoms with van der Waals surface area (Å²) in [5.41, 5.74) is 7.09. The van der Waals surface area contributed by atoms with Gasteiger partial charge in [0.2, 0.25) is 0 Å². The van der Waals surface area contributed by atoms with E-state index in [4.69, 9.17) is 0 Å². The highest BCUT2D eigenvalue weighted by atomic mass is 15.0. The molecule has 2 aromatic carbocycles. The number of rotatable bonds is 3. The predicted molar refractivity (Wildman–Crippen MR) is 96.1 cm³/mol. The molecule has 0 aliphatic heterocycles. The Morgan fingerprint density at radius 2 is 1.45 bits per heavy atom. The largest absolute Gasteiger partial charge is 0.309 e. The summed E-state index contributed by atoms with van der Waals surface area (Å²) in [7, 11) is 4.27. The molecule has 0 N–H and O–H groups in total. The molecule has 0 radical (unpaired) electrons. The minimum absolute atomic E-state index is 0.0528. The molecule has 1 nitrogen and oxygen atoms in total. The van der Waals surface area contributed by atoms with Gasteiger partial charge in [0.1, 0.15) is 0 Å². The smallest absolute Gasteiger partial charge is 0.0155 e. The molecule has 3 rings (SSSR count). The Morgan fingerprint density at radius 3 is 2.14 bits per heavy atom. The van der Waals surface area contributed by atoms with Crippen molar-refractivity contribution < 1.29 is 0 Å². The first-order chi connectivity index (χ1) is 10.5. The molecule has 0 atom stereocenters. The predicted octanol–water partition coefficient (Wildman–Crippen LogP) is 4.98. The summed E-state index contributed by atoms with van der Waals surface area (Å²) in [5.74, 6) is 0. The Kier molecular flexibility index (Phi) is 3.92. The van der Waals surface area contributed by atoms with Crippen LogP contribution in [0, 0.1) is 0 Å². The first-order valence-corrected chi connectivity index (χ1v) is 8.06. The number of fused-ring (bicyclic) bond motifs is 3. The Bertz CT molecular complexity index is 707. The van der Waals surface area contributed by atoms with Crippen LogP contribution >= 0.6 is 0 Å². The van der Waals surface area contributed by atoms with Gasteiger partial charge in [-0.05, 0) is 48.3 Å². The second-order valence-electron chi connectivity index (χ2n) is 6.93. The lowest BCUT2D eigenvalue weighted by Gasteiger charge is -2.37. The van der Waals surface area contributed by atoms with Crippen LogP contribution in [0.2, 0.25) is 0 Å². The topological polar surface area (TPSA) is 3.24 Å². The van der Waals surface area contributed by atoms with Crippen LogP contribution < -0.4 is 0 Å². The molecule has 0 amide bonds. The lowest BCUT2D eigenvalue weighted by molar-refractivity contribution is 0.417. The Balaban J connectivity index is 2.15. The first-order valence-electron chi connectivity index (χ1n) is 8.06. The minimum Gasteiger partial charge on any atom is -0.309 e. The van der Waals surface area contributed by atoms with E-state index in [-0.39, 0.29) is 5.41 Å². The second-order valence-corrected chi connectivity index (χ2v) is 6.93. The van der Waals surface area contributed by atoms with Crippen molar-refractivity contribution in [1.82, 2.24) is 4.90 Å². The maximum atomic E-state index is 2.44. The van der Waals surface area contributed by atoms with Gasteiger partial charge in [-0.3, -0.25) is 0 Å². The van der Waals surface area contributed by atoms with Crippen LogP contribution in [-0.2, 0) is 5.41 Å². The molecule has 0 saturated carbocycles. The molecule has 1 aliphatic carbocycles. The monoisotopic (exact) mass is 291 g/mol. The van der Waals surface area contributed by atoms with Crippen LogP contribution in [-0.4, -0.2) is 25.5 Å². The van der Waals surface area contributed by atoms with Crippen molar-refractivity contribution in [3.63, 3.8) is 0 Å². The fraction of sp³-hybridized carbons (Fsp3) is 0.333. The van der Waals surface area contributed by atoms with E-state index >= 15 is 0 Å². The molecule has 0 saturated heterocycles. The Morgan fingerprint density at radius 1 is 0.864 bits per heavy atom. The number of hydrogen-bond acceptors (Lipinski definition) is 1. The number of nitrogens with zero attached hydrogens (tertiary/aromatic N) is 1. The zero-order chi connectivity index (χ0) is 15.7. The SMILES string of the molecule is CN(C)CC/C=C1/c2ccccc2-c2ccccc2C1(C)C. The van der Waals surface area contributed by atoms with Gasteiger partial charge in [0, 0.05) is 12.0 Å². The van der Waals surface area contributed by atoms with E-state index < -0.39 is 0 Å². The summed E-state index contributed by atoms with van der Waals surface area (Å²) in [6.45, 7) is 5.79. The van der Waals surface area contributed by atoms with Crippen molar-refractivity contribution in [2.75, 3.05) is 20.6 Å². The number of allylic oxidation sites excluding steroid dienone is 1. The molecule has 0 spiro atoms. The van der Waals surface area contributed by atoms with Crippen LogP contribution in [0.25, 0.3) is 16.7 Å². The maximum Gasteiger partial charge on any atom is 0.0155 e. The van der Waals surface area contributed by atoms with Gasteiger partial charge in [-0.25, -0.2) is 0 Å². The summed E-state index contributed by atoms with van der Waals surface area (Å²) in [6, 6.07) is 17.7. The maximum absolute atomic E-state index is 2.44. The number of benzene rings is 2. The molecule has 0 fully saturated rings. The van der Waals surface area contributed by atoms with Gasteiger partial charge in [0.05, 0.1) is 0 Å². The van der Waals surface area contributed by atoms with Gasteiger partial charge < -0.3 is 4.90 Å². The molecule has 0 unspecified atom stereocenters. The molecule has 0 aromatic heterocycles. The van der Waals surface area contributed by atoms with Gasteiger partial charge in [-0.1, -0.05) is 68.5 Å². The second kappa shape index (κ2) is 5.73. The van der Waals surface area contributed by atoms with Gasteiger partial charge in [0.25, 0.3) is 0 Å². The molecule has 22 heavy (non-hydrogen) atoms. The van der Waals surface area contributed by atoms with Gasteiger partial charge >= 0.3 is 0 Å². The summed E-state index contributed by atoms with van der Waals surface area (Å²) in [5, 5.41) is 0. The van der Waals surface area contributed by atoms with Crippen LogP contribution in [0.3, 0.4) is 0 Å². The lowest BCUT2D eigenvalue weighted by atomic mass is 9.66. The summed E-state index contributed by atoms with van der Waals surface area (Å²) < 4.78 is 0. The number of hydrogen-bond donors (Lipinski definition) is 0. The molecule has 1 aliphatic rings. The first kappa shape index (κ1) is 15.1. The van der Waals surface area contributed by atoms with Gasteiger partial charge in [0.15, 0.2) is 0 Å². The third kappa shape index (κ3) is 2.50. The van der Waals surface area contributed by atoms with Crippen molar-refractivity contribution >= 4 is 5.57 Å². The fourth-order valence-electron chi connectivity index (χ4n) is 3.53. The zero-order valence-electron chi connectivity index (χ0n) is 14.1. The molecule has 1 heteroatoms. The van der Waals surface area contributed by atoms with E-state index in [1.165, 1.54) is 27.8 Å². The van der Waals surface area contributed by atoms with Gasteiger partial charge in [-0.2, -0.15) is 0 Å². The summed E-state index contributed by atoms with van der Waals surface area (Å²) in [4.78, 5) is 2.24. The molecule has 114 valence electrons. The normalized spacial score (nSPS) is 17.4. The van der Waals surface area contributed by atoms with Crippen LogP contribution in [0.5, 0.6) is 0 Å². The highest BCUT2D eigenvalue weighted by Gasteiger charge is 2.34. The molecular formula is C21H25N. The van der Waals surface area contributed by atoms with Crippen molar-refractivity contribution in [1.29, 1.82) is 0 Å². The van der Waals surface area contributed by atoms with E-state index in [1.807, 2.05) is 0 Å². The molecule has 0 bridgehead atoms. The Hall–Kier alpha value is -1.86. The van der Waals surface area contributed by atoms with Crippen molar-refractivity contribution in [3.05, 3.63) is 65.7 Å². The van der Waals surface area contributed by atoms with Crippen molar-refractivity contribution in [2.24, 2.45) is 0 Å². The minimum atomic E-state index is 0.0528. The van der Waals surface area contributed by atoms with Crippen molar-refractivity contribution in [3.8, 4) is 11.1 Å². The molecular weight excluding hydrogens is 266 g/mol. The summed E-state index contributed by atoms with van der Waals surface area (Å²) >= 11 is 0. The highest BCUT2D eigenvalue weighted by molar-refractivity contribution is 5.92. The molecule has 2 aromatic rings. The standard InChI is InChI=1S/C21H25N/c1-21(2)19-13-8-7-12-17(19)16-10-5-6-11-18(16)20(21)14-9-15-22(3)4/h5-8,10-14H,9,15H2,1-4H3/b20-14-. The lowest BCUT2D eigenvalue weighted by Crippen LogP contribution is -2.25. The van der Waals surface area contributed by atoms with Crippen molar-refractivity contribution in [2.45, 2.75) is 25.7 Å². The van der Waals surface area contributed by atoms with Crippen LogP contribution in [0.1, 0.15) is 31.4 Å². The zero-order valence-corrected chi connectivity index (χ0v) is 14.1. The van der Waals surface area contributed by atoms with E-state index in [2.05, 4.69) is 87.4 Å².